The van der Waals surface area contributed by atoms with E-state index in [1.165, 1.54) is 11.3 Å². The summed E-state index contributed by atoms with van der Waals surface area (Å²) in [5.41, 5.74) is 1.65. The molecule has 166 valence electrons. The van der Waals surface area contributed by atoms with Gasteiger partial charge in [0, 0.05) is 4.88 Å². The van der Waals surface area contributed by atoms with Crippen molar-refractivity contribution in [3.05, 3.63) is 35.0 Å². The molecule has 1 aromatic heterocycles. The Morgan fingerprint density at radius 3 is 2.50 bits per heavy atom. The molecule has 0 aliphatic heterocycles. The zero-order chi connectivity index (χ0) is 22.1. The summed E-state index contributed by atoms with van der Waals surface area (Å²) in [6.45, 7) is 7.56. The van der Waals surface area contributed by atoms with Gasteiger partial charge in [0.1, 0.15) is 6.10 Å². The van der Waals surface area contributed by atoms with Crippen LogP contribution in [-0.2, 0) is 19.1 Å². The van der Waals surface area contributed by atoms with Gasteiger partial charge in [0.05, 0.1) is 11.8 Å². The lowest BCUT2D eigenvalue weighted by Crippen LogP contribution is -2.45. The van der Waals surface area contributed by atoms with Crippen LogP contribution in [0.3, 0.4) is 0 Å². The van der Waals surface area contributed by atoms with Crippen molar-refractivity contribution in [3.8, 4) is 0 Å². The smallest absolute Gasteiger partial charge is 0.334 e. The maximum atomic E-state index is 13.3. The maximum absolute atomic E-state index is 13.3. The quantitative estimate of drug-likeness (QED) is 0.212. The molecule has 1 aromatic rings. The Kier molecular flexibility index (Phi) is 9.52. The molecule has 3 atom stereocenters. The molecule has 2 amide bonds. The molecule has 2 rings (SSSR count). The molecule has 0 radical (unpaired) electrons. The van der Waals surface area contributed by atoms with E-state index in [9.17, 15) is 14.4 Å². The van der Waals surface area contributed by atoms with Gasteiger partial charge in [-0.25, -0.2) is 10.3 Å². The Balaban J connectivity index is 2.23. The van der Waals surface area contributed by atoms with Crippen molar-refractivity contribution in [1.29, 1.82) is 0 Å². The summed E-state index contributed by atoms with van der Waals surface area (Å²) in [7, 11) is 0. The van der Waals surface area contributed by atoms with Gasteiger partial charge in [-0.3, -0.25) is 14.8 Å². The van der Waals surface area contributed by atoms with Crippen LogP contribution in [0.4, 0.5) is 0 Å². The second-order valence-corrected chi connectivity index (χ2v) is 9.12. The van der Waals surface area contributed by atoms with E-state index in [2.05, 4.69) is 11.9 Å². The van der Waals surface area contributed by atoms with Gasteiger partial charge < -0.3 is 10.1 Å². The van der Waals surface area contributed by atoms with Crippen molar-refractivity contribution in [2.24, 2.45) is 17.8 Å². The standard InChI is InChI=1S/C22H32N2O5S/c1-4-8-16(21(26)24-28)17(13-14(2)3)20(25)23-19(18-11-7-12-30-18)22(27)29-15-9-5-6-10-15/h4,7,11-12,14-17,19,28H,1,5-6,8-10,13H2,2-3H3,(H,23,25)(H,24,26). The molecule has 0 saturated heterocycles. The molecule has 30 heavy (non-hydrogen) atoms. The third-order valence-corrected chi connectivity index (χ3v) is 6.29. The molecular formula is C22H32N2O5S. The average molecular weight is 437 g/mol. The van der Waals surface area contributed by atoms with E-state index in [-0.39, 0.29) is 18.4 Å². The van der Waals surface area contributed by atoms with Gasteiger partial charge >= 0.3 is 5.97 Å². The summed E-state index contributed by atoms with van der Waals surface area (Å²) in [5.74, 6) is -2.92. The highest BCUT2D eigenvalue weighted by atomic mass is 32.1. The number of hydrogen-bond donors (Lipinski definition) is 3. The van der Waals surface area contributed by atoms with Crippen molar-refractivity contribution < 1.29 is 24.3 Å². The van der Waals surface area contributed by atoms with Crippen molar-refractivity contribution in [3.63, 3.8) is 0 Å². The highest BCUT2D eigenvalue weighted by Crippen LogP contribution is 2.29. The monoisotopic (exact) mass is 436 g/mol. The number of carbonyl (C=O) groups excluding carboxylic acids is 3. The predicted octanol–water partition coefficient (Wildman–Crippen LogP) is 3.75. The van der Waals surface area contributed by atoms with E-state index in [4.69, 9.17) is 9.94 Å². The minimum atomic E-state index is -0.922. The molecule has 3 N–H and O–H groups in total. The molecule has 1 fully saturated rings. The van der Waals surface area contributed by atoms with Crippen LogP contribution in [0.25, 0.3) is 0 Å². The SMILES string of the molecule is C=CCC(C(=O)NO)C(CC(C)C)C(=O)NC(C(=O)OC1CCCC1)c1cccs1. The number of allylic oxidation sites excluding steroid dienone is 1. The van der Waals surface area contributed by atoms with E-state index < -0.39 is 35.7 Å². The van der Waals surface area contributed by atoms with Crippen LogP contribution >= 0.6 is 11.3 Å². The average Bonchev–Trinajstić information content (AvgIpc) is 3.41. The highest BCUT2D eigenvalue weighted by Gasteiger charge is 2.36. The van der Waals surface area contributed by atoms with E-state index in [0.29, 0.717) is 11.3 Å². The minimum Gasteiger partial charge on any atom is -0.461 e. The Hall–Kier alpha value is -2.19. The van der Waals surface area contributed by atoms with Gasteiger partial charge in [-0.1, -0.05) is 26.0 Å². The number of nitrogens with one attached hydrogen (secondary N) is 2. The normalized spacial score (nSPS) is 17.2. The molecule has 1 aliphatic carbocycles. The molecule has 0 bridgehead atoms. The molecule has 1 aliphatic rings. The molecular weight excluding hydrogens is 404 g/mol. The fourth-order valence-corrected chi connectivity index (χ4v) is 4.63. The van der Waals surface area contributed by atoms with Gasteiger partial charge in [0.25, 0.3) is 0 Å². The van der Waals surface area contributed by atoms with Gasteiger partial charge in [0.2, 0.25) is 11.8 Å². The number of amides is 2. The van der Waals surface area contributed by atoms with Crippen molar-refractivity contribution in [2.75, 3.05) is 0 Å². The number of hydrogen-bond acceptors (Lipinski definition) is 6. The molecule has 0 spiro atoms. The summed E-state index contributed by atoms with van der Waals surface area (Å²) in [6, 6.07) is 2.67. The summed E-state index contributed by atoms with van der Waals surface area (Å²) >= 11 is 1.36. The molecule has 1 heterocycles. The number of hydroxylamine groups is 1. The van der Waals surface area contributed by atoms with Crippen LogP contribution in [0.1, 0.15) is 63.3 Å². The maximum Gasteiger partial charge on any atom is 0.334 e. The van der Waals surface area contributed by atoms with Crippen LogP contribution in [0.15, 0.2) is 30.2 Å². The first-order chi connectivity index (χ1) is 14.4. The highest BCUT2D eigenvalue weighted by molar-refractivity contribution is 7.10. The van der Waals surface area contributed by atoms with Crippen LogP contribution in [0.5, 0.6) is 0 Å². The molecule has 7 nitrogen and oxygen atoms in total. The van der Waals surface area contributed by atoms with E-state index in [0.717, 1.165) is 25.7 Å². The Morgan fingerprint density at radius 1 is 1.27 bits per heavy atom. The van der Waals surface area contributed by atoms with Gasteiger partial charge in [-0.15, -0.1) is 17.9 Å². The largest absolute Gasteiger partial charge is 0.461 e. The third kappa shape index (κ3) is 6.67. The van der Waals surface area contributed by atoms with Crippen LogP contribution in [0.2, 0.25) is 0 Å². The summed E-state index contributed by atoms with van der Waals surface area (Å²) in [6.07, 6.45) is 5.83. The number of thiophene rings is 1. The predicted molar refractivity (Wildman–Crippen MR) is 115 cm³/mol. The van der Waals surface area contributed by atoms with Crippen molar-refractivity contribution in [2.45, 2.75) is 64.5 Å². The summed E-state index contributed by atoms with van der Waals surface area (Å²) in [4.78, 5) is 39.1. The fraction of sp³-hybridized carbons (Fsp3) is 0.591. The molecule has 1 saturated carbocycles. The molecule has 3 unspecified atom stereocenters. The molecule has 8 heteroatoms. The van der Waals surface area contributed by atoms with Crippen LogP contribution in [0, 0.1) is 17.8 Å². The van der Waals surface area contributed by atoms with Crippen molar-refractivity contribution >= 4 is 29.1 Å². The van der Waals surface area contributed by atoms with Gasteiger partial charge in [-0.2, -0.15) is 0 Å². The van der Waals surface area contributed by atoms with Gasteiger partial charge in [0.15, 0.2) is 6.04 Å². The topological polar surface area (TPSA) is 105 Å². The van der Waals surface area contributed by atoms with E-state index in [1.54, 1.807) is 17.6 Å². The Bertz CT molecular complexity index is 713. The summed E-state index contributed by atoms with van der Waals surface area (Å²) < 4.78 is 5.65. The second-order valence-electron chi connectivity index (χ2n) is 8.14. The molecule has 0 aromatic carbocycles. The lowest BCUT2D eigenvalue weighted by atomic mass is 9.82. The number of esters is 1. The second kappa shape index (κ2) is 11.9. The summed E-state index contributed by atoms with van der Waals surface area (Å²) in [5, 5.41) is 13.8. The first kappa shape index (κ1) is 24.1. The first-order valence-corrected chi connectivity index (χ1v) is 11.3. The Labute approximate surface area is 181 Å². The zero-order valence-electron chi connectivity index (χ0n) is 17.6. The third-order valence-electron chi connectivity index (χ3n) is 5.35. The first-order valence-electron chi connectivity index (χ1n) is 10.5. The number of ether oxygens (including phenoxy) is 1. The number of rotatable bonds is 11. The van der Waals surface area contributed by atoms with Crippen LogP contribution < -0.4 is 10.8 Å². The van der Waals surface area contributed by atoms with Gasteiger partial charge in [-0.05, 0) is 55.9 Å². The van der Waals surface area contributed by atoms with E-state index in [1.807, 2.05) is 25.3 Å². The zero-order valence-corrected chi connectivity index (χ0v) is 18.5. The fourth-order valence-electron chi connectivity index (χ4n) is 3.87. The minimum absolute atomic E-state index is 0.114. The van der Waals surface area contributed by atoms with Crippen LogP contribution in [-0.4, -0.2) is 29.1 Å². The lowest BCUT2D eigenvalue weighted by Gasteiger charge is -2.27. The Morgan fingerprint density at radius 2 is 1.97 bits per heavy atom. The van der Waals surface area contributed by atoms with Crippen molar-refractivity contribution in [1.82, 2.24) is 10.8 Å². The number of carbonyl (C=O) groups is 3. The van der Waals surface area contributed by atoms with E-state index >= 15 is 0 Å². The lowest BCUT2D eigenvalue weighted by molar-refractivity contribution is -0.153.